The van der Waals surface area contributed by atoms with Crippen molar-refractivity contribution in [3.63, 3.8) is 0 Å². The van der Waals surface area contributed by atoms with E-state index in [-0.39, 0.29) is 29.5 Å². The van der Waals surface area contributed by atoms with Gasteiger partial charge in [0.25, 0.3) is 5.56 Å². The maximum atomic E-state index is 14.1. The van der Waals surface area contributed by atoms with E-state index in [2.05, 4.69) is 20.4 Å². The summed E-state index contributed by atoms with van der Waals surface area (Å²) < 4.78 is 42.4. The number of benzene rings is 2. The molecule has 4 aromatic rings. The second-order valence-corrected chi connectivity index (χ2v) is 10.0. The summed E-state index contributed by atoms with van der Waals surface area (Å²) in [6.07, 6.45) is 3.28. The second kappa shape index (κ2) is 9.04. The topological polar surface area (TPSA) is 130 Å². The van der Waals surface area contributed by atoms with Crippen LogP contribution in [0, 0.1) is 11.7 Å². The number of fused-ring (bicyclic) bond motifs is 1. The van der Waals surface area contributed by atoms with Crippen molar-refractivity contribution >= 4 is 32.7 Å². The zero-order valence-electron chi connectivity index (χ0n) is 18.4. The minimum Gasteiger partial charge on any atom is -0.324 e. The first-order valence-electron chi connectivity index (χ1n) is 10.9. The lowest BCUT2D eigenvalue weighted by atomic mass is 9.97. The molecule has 0 bridgehead atoms. The third-order valence-corrected chi connectivity index (χ3v) is 7.97. The molecule has 0 spiro atoms. The number of piperidine rings is 1. The summed E-state index contributed by atoms with van der Waals surface area (Å²) in [6.45, 7) is 0.208. The minimum absolute atomic E-state index is 0.104. The van der Waals surface area contributed by atoms with Crippen molar-refractivity contribution in [3.05, 3.63) is 77.2 Å². The van der Waals surface area contributed by atoms with E-state index in [1.54, 1.807) is 24.3 Å². The number of carbonyl (C=O) groups excluding carboxylic acids is 1. The number of nitrogens with one attached hydrogen (secondary N) is 2. The maximum absolute atomic E-state index is 14.1. The van der Waals surface area contributed by atoms with E-state index in [0.29, 0.717) is 35.2 Å². The van der Waals surface area contributed by atoms with Crippen molar-refractivity contribution in [2.24, 2.45) is 5.92 Å². The van der Waals surface area contributed by atoms with Gasteiger partial charge in [-0.25, -0.2) is 22.5 Å². The maximum Gasteiger partial charge on any atom is 0.261 e. The molecule has 0 aliphatic carbocycles. The molecule has 2 aromatic heterocycles. The van der Waals surface area contributed by atoms with Gasteiger partial charge in [0.15, 0.2) is 5.65 Å². The van der Waals surface area contributed by atoms with Crippen LogP contribution in [0.3, 0.4) is 0 Å². The minimum atomic E-state index is -3.98. The molecule has 1 saturated heterocycles. The van der Waals surface area contributed by atoms with Gasteiger partial charge in [-0.3, -0.25) is 9.59 Å². The SMILES string of the molecule is O=C(Nc1ccccc1-n1ncc2c(=O)[nH]cnc21)C1CCN(S(=O)(=O)c2ccccc2F)CC1. The first kappa shape index (κ1) is 22.9. The van der Waals surface area contributed by atoms with E-state index in [4.69, 9.17) is 0 Å². The number of hydrogen-bond donors (Lipinski definition) is 2. The number of carbonyl (C=O) groups is 1. The Morgan fingerprint density at radius 1 is 1.09 bits per heavy atom. The number of aromatic nitrogens is 4. The second-order valence-electron chi connectivity index (χ2n) is 8.14. The smallest absolute Gasteiger partial charge is 0.261 e. The van der Waals surface area contributed by atoms with Crippen molar-refractivity contribution in [1.29, 1.82) is 0 Å². The first-order chi connectivity index (χ1) is 16.9. The van der Waals surface area contributed by atoms with E-state index in [0.717, 1.165) is 6.07 Å². The fraction of sp³-hybridized carbons (Fsp3) is 0.217. The molecule has 12 heteroatoms. The monoisotopic (exact) mass is 496 g/mol. The van der Waals surface area contributed by atoms with Crippen molar-refractivity contribution in [2.45, 2.75) is 17.7 Å². The Hall–Kier alpha value is -3.90. The normalized spacial score (nSPS) is 15.3. The average Bonchev–Trinajstić information content (AvgIpc) is 3.30. The zero-order valence-corrected chi connectivity index (χ0v) is 19.2. The molecular weight excluding hydrogens is 475 g/mol. The Kier molecular flexibility index (Phi) is 5.91. The van der Waals surface area contributed by atoms with Crippen LogP contribution in [-0.4, -0.2) is 51.5 Å². The summed E-state index contributed by atoms with van der Waals surface area (Å²) in [5.74, 6) is -1.49. The fourth-order valence-electron chi connectivity index (χ4n) is 4.18. The molecule has 0 unspecified atom stereocenters. The summed E-state index contributed by atoms with van der Waals surface area (Å²) in [6, 6.07) is 12.2. The third-order valence-electron chi connectivity index (χ3n) is 6.04. The van der Waals surface area contributed by atoms with Gasteiger partial charge in [-0.2, -0.15) is 9.40 Å². The van der Waals surface area contributed by atoms with E-state index in [9.17, 15) is 22.4 Å². The van der Waals surface area contributed by atoms with Crippen LogP contribution in [-0.2, 0) is 14.8 Å². The van der Waals surface area contributed by atoms with Gasteiger partial charge in [0, 0.05) is 19.0 Å². The lowest BCUT2D eigenvalue weighted by Crippen LogP contribution is -2.41. The van der Waals surface area contributed by atoms with Gasteiger partial charge >= 0.3 is 0 Å². The van der Waals surface area contributed by atoms with Crippen LogP contribution in [0.4, 0.5) is 10.1 Å². The molecule has 5 rings (SSSR count). The highest BCUT2D eigenvalue weighted by Gasteiger charge is 2.33. The van der Waals surface area contributed by atoms with Crippen LogP contribution in [0.15, 0.2) is 70.7 Å². The highest BCUT2D eigenvalue weighted by atomic mass is 32.2. The molecular formula is C23H21FN6O4S. The van der Waals surface area contributed by atoms with Crippen LogP contribution >= 0.6 is 0 Å². The molecule has 180 valence electrons. The van der Waals surface area contributed by atoms with Crippen molar-refractivity contribution in [1.82, 2.24) is 24.1 Å². The molecule has 2 N–H and O–H groups in total. The molecule has 1 aliphatic rings. The first-order valence-corrected chi connectivity index (χ1v) is 12.4. The van der Waals surface area contributed by atoms with E-state index in [1.807, 2.05) is 0 Å². The molecule has 10 nitrogen and oxygen atoms in total. The van der Waals surface area contributed by atoms with Gasteiger partial charge in [-0.1, -0.05) is 24.3 Å². The number of aromatic amines is 1. The molecule has 1 amide bonds. The van der Waals surface area contributed by atoms with Gasteiger partial charge in [0.1, 0.15) is 16.1 Å². The number of anilines is 1. The van der Waals surface area contributed by atoms with Crippen LogP contribution in [0.2, 0.25) is 0 Å². The molecule has 1 fully saturated rings. The highest BCUT2D eigenvalue weighted by Crippen LogP contribution is 2.28. The molecule has 0 radical (unpaired) electrons. The largest absolute Gasteiger partial charge is 0.324 e. The number of sulfonamides is 1. The van der Waals surface area contributed by atoms with E-state index < -0.39 is 21.8 Å². The lowest BCUT2D eigenvalue weighted by Gasteiger charge is -2.30. The van der Waals surface area contributed by atoms with Crippen molar-refractivity contribution < 1.29 is 17.6 Å². The van der Waals surface area contributed by atoms with Crippen LogP contribution in [0.25, 0.3) is 16.7 Å². The standard InChI is InChI=1S/C23H21FN6O4S/c24-17-5-1-4-8-20(17)35(33,34)29-11-9-15(10-12-29)22(31)28-18-6-2-3-7-19(18)30-21-16(13-27-30)23(32)26-14-25-21/h1-8,13-15H,9-12H2,(H,28,31)(H,25,26,32). The summed E-state index contributed by atoms with van der Waals surface area (Å²) >= 11 is 0. The van der Waals surface area contributed by atoms with Gasteiger partial charge in [-0.05, 0) is 37.1 Å². The zero-order chi connectivity index (χ0) is 24.6. The van der Waals surface area contributed by atoms with Crippen LogP contribution < -0.4 is 10.9 Å². The predicted molar refractivity (Wildman–Crippen MR) is 126 cm³/mol. The number of nitrogens with zero attached hydrogens (tertiary/aromatic N) is 4. The predicted octanol–water partition coefficient (Wildman–Crippen LogP) is 2.29. The number of rotatable bonds is 5. The quantitative estimate of drug-likeness (QED) is 0.436. The summed E-state index contributed by atoms with van der Waals surface area (Å²) in [4.78, 5) is 31.4. The number of H-pyrrole nitrogens is 1. The lowest BCUT2D eigenvalue weighted by molar-refractivity contribution is -0.120. The Morgan fingerprint density at radius 2 is 1.80 bits per heavy atom. The number of para-hydroxylation sites is 2. The molecule has 2 aromatic carbocycles. The highest BCUT2D eigenvalue weighted by molar-refractivity contribution is 7.89. The molecule has 35 heavy (non-hydrogen) atoms. The Morgan fingerprint density at radius 3 is 2.57 bits per heavy atom. The Labute approximate surface area is 199 Å². The Bertz CT molecular complexity index is 1570. The van der Waals surface area contributed by atoms with Gasteiger partial charge in [0.05, 0.1) is 23.9 Å². The van der Waals surface area contributed by atoms with Crippen LogP contribution in [0.5, 0.6) is 0 Å². The van der Waals surface area contributed by atoms with Gasteiger partial charge < -0.3 is 10.3 Å². The summed E-state index contributed by atoms with van der Waals surface area (Å²) in [5.41, 5.74) is 1.04. The third kappa shape index (κ3) is 4.21. The number of amides is 1. The summed E-state index contributed by atoms with van der Waals surface area (Å²) in [7, 11) is -3.98. The van der Waals surface area contributed by atoms with Crippen molar-refractivity contribution in [3.8, 4) is 5.69 Å². The van der Waals surface area contributed by atoms with Crippen molar-refractivity contribution in [2.75, 3.05) is 18.4 Å². The van der Waals surface area contributed by atoms with Crippen LogP contribution in [0.1, 0.15) is 12.8 Å². The molecule has 3 heterocycles. The number of halogens is 1. The molecule has 1 aliphatic heterocycles. The van der Waals surface area contributed by atoms with E-state index >= 15 is 0 Å². The van der Waals surface area contributed by atoms with Gasteiger partial charge in [-0.15, -0.1) is 0 Å². The van der Waals surface area contributed by atoms with E-state index in [1.165, 1.54) is 39.7 Å². The average molecular weight is 497 g/mol. The summed E-state index contributed by atoms with van der Waals surface area (Å²) in [5, 5.41) is 7.48. The van der Waals surface area contributed by atoms with Gasteiger partial charge in [0.2, 0.25) is 15.9 Å². The molecule has 0 atom stereocenters. The molecule has 0 saturated carbocycles. The fourth-order valence-corrected chi connectivity index (χ4v) is 5.72. The number of hydrogen-bond acceptors (Lipinski definition) is 6. The Balaban J connectivity index is 1.32.